The maximum atomic E-state index is 15.3. The smallest absolute Gasteiger partial charge is 0.418 e. The van der Waals surface area contributed by atoms with Crippen LogP contribution < -0.4 is 27.6 Å². The summed E-state index contributed by atoms with van der Waals surface area (Å²) in [7, 11) is 1.46. The number of nitrogens with zero attached hydrogens (tertiary/aromatic N) is 7. The summed E-state index contributed by atoms with van der Waals surface area (Å²) in [4.78, 5) is 35.1. The van der Waals surface area contributed by atoms with Crippen molar-refractivity contribution in [2.75, 3.05) is 18.5 Å². The molecule has 5 rings (SSSR count). The first kappa shape index (κ1) is 39.4. The van der Waals surface area contributed by atoms with Crippen LogP contribution in [0, 0.1) is 23.0 Å². The van der Waals surface area contributed by atoms with Crippen molar-refractivity contribution in [3.05, 3.63) is 112 Å². The predicted octanol–water partition coefficient (Wildman–Crippen LogP) is 1.72. The van der Waals surface area contributed by atoms with E-state index in [2.05, 4.69) is 16.2 Å². The topological polar surface area (TPSA) is 173 Å². The Bertz CT molecular complexity index is 2060. The van der Waals surface area contributed by atoms with Gasteiger partial charge in [0, 0.05) is 59.8 Å². The number of pyridine rings is 1. The molecule has 0 aliphatic carbocycles. The van der Waals surface area contributed by atoms with Crippen LogP contribution in [0.15, 0.2) is 78.8 Å². The van der Waals surface area contributed by atoms with Crippen molar-refractivity contribution in [3.63, 3.8) is 0 Å². The number of rotatable bonds is 13. The summed E-state index contributed by atoms with van der Waals surface area (Å²) in [5, 5.41) is 27.9. The molecule has 5 aromatic rings. The van der Waals surface area contributed by atoms with E-state index in [-0.39, 0.29) is 49.9 Å². The number of nitriles is 1. The lowest BCUT2D eigenvalue weighted by atomic mass is 9.82. The van der Waals surface area contributed by atoms with Crippen molar-refractivity contribution in [2.24, 2.45) is 5.73 Å². The van der Waals surface area contributed by atoms with Crippen LogP contribution >= 0.6 is 11.3 Å². The van der Waals surface area contributed by atoms with E-state index in [0.717, 1.165) is 23.8 Å². The molecule has 52 heavy (non-hydrogen) atoms. The molecule has 0 fully saturated rings. The summed E-state index contributed by atoms with van der Waals surface area (Å²) in [6, 6.07) is 15.1. The van der Waals surface area contributed by atoms with Crippen molar-refractivity contribution in [1.29, 1.82) is 5.26 Å². The Balaban J connectivity index is 0.00000605. The van der Waals surface area contributed by atoms with E-state index < -0.39 is 41.4 Å². The van der Waals surface area contributed by atoms with E-state index in [9.17, 15) is 19.1 Å². The van der Waals surface area contributed by atoms with Gasteiger partial charge in [-0.1, -0.05) is 25.1 Å². The number of benzene rings is 2. The molecule has 3 atom stereocenters. The molecule has 272 valence electrons. The Kier molecular flexibility index (Phi) is 13.1. The first-order chi connectivity index (χ1) is 24.4. The van der Waals surface area contributed by atoms with Gasteiger partial charge in [-0.05, 0) is 36.4 Å². The molecule has 0 saturated heterocycles. The van der Waals surface area contributed by atoms with Gasteiger partial charge in [-0.15, -0.1) is 16.0 Å². The van der Waals surface area contributed by atoms with Gasteiger partial charge in [0.25, 0.3) is 6.33 Å². The summed E-state index contributed by atoms with van der Waals surface area (Å²) >= 11 is 1.25. The summed E-state index contributed by atoms with van der Waals surface area (Å²) in [6.07, 6.45) is 2.67. The highest BCUT2D eigenvalue weighted by molar-refractivity contribution is 7.10. The number of carbonyl (C=O) groups excluding carboxylic acids is 2. The van der Waals surface area contributed by atoms with E-state index in [1.165, 1.54) is 51.4 Å². The SMILES string of the molecule is CC(OC(=O)N(C)c1ncccc1COC(=O)CCN)[n+]1cnn(C[C@](O)(c2cc(F)ccc2F)[C@@H](C)c2nc(-c3ccc(C#N)cc3)cs2)c1.[Cl-]. The summed E-state index contributed by atoms with van der Waals surface area (Å²) < 4.78 is 43.5. The predicted molar refractivity (Wildman–Crippen MR) is 181 cm³/mol. The van der Waals surface area contributed by atoms with Gasteiger partial charge >= 0.3 is 12.1 Å². The van der Waals surface area contributed by atoms with Gasteiger partial charge in [-0.25, -0.2) is 23.5 Å². The summed E-state index contributed by atoms with van der Waals surface area (Å²) in [5.41, 5.74) is 5.38. The number of hydrogen-bond acceptors (Lipinski definition) is 11. The molecule has 0 spiro atoms. The molecule has 0 bridgehead atoms. The molecule has 0 radical (unpaired) electrons. The van der Waals surface area contributed by atoms with Gasteiger partial charge in [-0.2, -0.15) is 9.83 Å². The van der Waals surface area contributed by atoms with Gasteiger partial charge < -0.3 is 32.7 Å². The van der Waals surface area contributed by atoms with Gasteiger partial charge in [-0.3, -0.25) is 9.69 Å². The van der Waals surface area contributed by atoms with Crippen LogP contribution in [0.1, 0.15) is 54.1 Å². The second kappa shape index (κ2) is 17.2. The highest BCUT2D eigenvalue weighted by Crippen LogP contribution is 2.41. The Morgan fingerprint density at radius 1 is 1.19 bits per heavy atom. The van der Waals surface area contributed by atoms with Crippen LogP contribution in [-0.2, 0) is 33.0 Å². The molecular formula is C35H35ClF2N8O5S. The van der Waals surface area contributed by atoms with E-state index in [1.807, 2.05) is 0 Å². The van der Waals surface area contributed by atoms with Crippen LogP contribution in [0.4, 0.5) is 19.4 Å². The first-order valence-electron chi connectivity index (χ1n) is 15.7. The molecule has 0 aliphatic rings. The van der Waals surface area contributed by atoms with Crippen LogP contribution in [-0.4, -0.2) is 50.5 Å². The third kappa shape index (κ3) is 8.93. The van der Waals surface area contributed by atoms with Crippen molar-refractivity contribution < 1.29 is 49.9 Å². The monoisotopic (exact) mass is 752 g/mol. The van der Waals surface area contributed by atoms with E-state index in [1.54, 1.807) is 55.6 Å². The molecule has 0 aliphatic heterocycles. The quantitative estimate of drug-likeness (QED) is 0.133. The van der Waals surface area contributed by atoms with Gasteiger partial charge in [0.2, 0.25) is 12.6 Å². The molecule has 1 amide bonds. The molecule has 1 unspecified atom stereocenters. The van der Waals surface area contributed by atoms with E-state index in [4.69, 9.17) is 25.5 Å². The van der Waals surface area contributed by atoms with Crippen molar-refractivity contribution in [1.82, 2.24) is 19.7 Å². The highest BCUT2D eigenvalue weighted by Gasteiger charge is 2.43. The number of amides is 1. The molecule has 3 N–H and O–H groups in total. The molecule has 17 heteroatoms. The minimum Gasteiger partial charge on any atom is -1.00 e. The van der Waals surface area contributed by atoms with Gasteiger partial charge in [0.05, 0.1) is 28.8 Å². The maximum Gasteiger partial charge on any atom is 0.418 e. The third-order valence-corrected chi connectivity index (χ3v) is 9.23. The molecule has 2 aromatic carbocycles. The Morgan fingerprint density at radius 3 is 2.65 bits per heavy atom. The molecule has 3 aromatic heterocycles. The highest BCUT2D eigenvalue weighted by atomic mass is 35.5. The van der Waals surface area contributed by atoms with Crippen molar-refractivity contribution in [2.45, 2.75) is 51.2 Å². The van der Waals surface area contributed by atoms with E-state index in [0.29, 0.717) is 21.8 Å². The number of nitrogens with two attached hydrogens (primary N) is 1. The molecular weight excluding hydrogens is 718 g/mol. The number of carbonyl (C=O) groups is 2. The Hall–Kier alpha value is -5.34. The van der Waals surface area contributed by atoms with Crippen molar-refractivity contribution in [3.8, 4) is 17.3 Å². The minimum absolute atomic E-state index is 0. The van der Waals surface area contributed by atoms with Crippen molar-refractivity contribution >= 4 is 29.2 Å². The average molecular weight is 753 g/mol. The Morgan fingerprint density at radius 2 is 1.94 bits per heavy atom. The van der Waals surface area contributed by atoms with Crippen LogP contribution in [0.3, 0.4) is 0 Å². The number of ether oxygens (including phenoxy) is 2. The Labute approximate surface area is 308 Å². The lowest BCUT2D eigenvalue weighted by Gasteiger charge is -2.32. The van der Waals surface area contributed by atoms with Crippen LogP contribution in [0.25, 0.3) is 11.3 Å². The lowest BCUT2D eigenvalue weighted by Crippen LogP contribution is -3.00. The lowest BCUT2D eigenvalue weighted by molar-refractivity contribution is -0.753. The second-order valence-electron chi connectivity index (χ2n) is 11.6. The number of aromatic nitrogens is 5. The third-order valence-electron chi connectivity index (χ3n) is 8.20. The fourth-order valence-electron chi connectivity index (χ4n) is 5.24. The number of esters is 1. The van der Waals surface area contributed by atoms with Crippen LogP contribution in [0.2, 0.25) is 0 Å². The second-order valence-corrected chi connectivity index (χ2v) is 12.5. The average Bonchev–Trinajstić information content (AvgIpc) is 3.82. The summed E-state index contributed by atoms with van der Waals surface area (Å²) in [6.45, 7) is 2.95. The maximum absolute atomic E-state index is 15.3. The number of halogens is 3. The summed E-state index contributed by atoms with van der Waals surface area (Å²) in [5.74, 6) is -2.67. The largest absolute Gasteiger partial charge is 1.00 e. The van der Waals surface area contributed by atoms with Gasteiger partial charge in [0.15, 0.2) is 0 Å². The first-order valence-corrected chi connectivity index (χ1v) is 16.6. The fourth-order valence-corrected chi connectivity index (χ4v) is 6.22. The minimum atomic E-state index is -2.04. The van der Waals surface area contributed by atoms with Gasteiger partial charge in [0.1, 0.15) is 36.2 Å². The van der Waals surface area contributed by atoms with Crippen LogP contribution in [0.5, 0.6) is 0 Å². The molecule has 0 saturated carbocycles. The number of aliphatic hydroxyl groups is 1. The normalized spacial score (nSPS) is 13.2. The zero-order chi connectivity index (χ0) is 36.7. The van der Waals surface area contributed by atoms with E-state index >= 15 is 4.39 Å². The zero-order valence-electron chi connectivity index (χ0n) is 28.3. The fraction of sp³-hybridized carbons (Fsp3) is 0.286. The molecule has 13 nitrogen and oxygen atoms in total. The standard InChI is InChI=1S/C35H35F2N8O5S.ClH/c1-22(33-42-30(18-51-33)25-8-6-24(16-39)7-9-25)35(48,28-15-27(36)10-11-29(28)37)19-45-21-44(20-41-45)23(2)50-34(47)43(3)32-26(5-4-14-40-32)17-49-31(46)12-13-38;/h4-11,14-15,18,20-23,48H,12-13,17,19,38H2,1-3H3;1H/q+1;/p-1/t22-,23?,35+;/m0./s1. The molecule has 3 heterocycles. The number of hydrogen-bond donors (Lipinski definition) is 2. The zero-order valence-corrected chi connectivity index (χ0v) is 29.9. The number of anilines is 1. The number of thiazole rings is 1.